The minimum Gasteiger partial charge on any atom is -0.504 e. The maximum atomic E-state index is 13.2. The van der Waals surface area contributed by atoms with E-state index < -0.39 is 53.2 Å². The lowest BCUT2D eigenvalue weighted by Crippen LogP contribution is -2.74. The van der Waals surface area contributed by atoms with E-state index in [1.807, 2.05) is 43.4 Å². The number of carbonyl (C=O) groups excluding carboxylic acids is 3. The second-order valence-electron chi connectivity index (χ2n) is 12.1. The molecule has 5 unspecified atom stereocenters. The lowest BCUT2D eigenvalue weighted by molar-refractivity contribution is -0.176. The molecule has 228 valence electrons. The first kappa shape index (κ1) is 29.2. The van der Waals surface area contributed by atoms with E-state index in [0.29, 0.717) is 31.6 Å². The van der Waals surface area contributed by atoms with Crippen molar-refractivity contribution >= 4 is 17.8 Å². The number of carbonyl (C=O) groups is 3. The van der Waals surface area contributed by atoms with Crippen molar-refractivity contribution in [3.63, 3.8) is 0 Å². The molecule has 0 saturated carbocycles. The van der Waals surface area contributed by atoms with Gasteiger partial charge >= 0.3 is 11.9 Å². The van der Waals surface area contributed by atoms with Crippen LogP contribution >= 0.6 is 0 Å². The van der Waals surface area contributed by atoms with Crippen LogP contribution in [-0.4, -0.2) is 82.5 Å². The third-order valence-corrected chi connectivity index (χ3v) is 9.54. The molecule has 2 aromatic carbocycles. The maximum Gasteiger partial charge on any atom is 0.352 e. The second kappa shape index (κ2) is 10.7. The number of aromatic hydroxyl groups is 1. The lowest BCUT2D eigenvalue weighted by Gasteiger charge is -2.61. The quantitative estimate of drug-likeness (QED) is 0.329. The molecule has 43 heavy (non-hydrogen) atoms. The Balaban J connectivity index is 1.13. The third-order valence-electron chi connectivity index (χ3n) is 9.54. The van der Waals surface area contributed by atoms with Gasteiger partial charge in [-0.1, -0.05) is 36.4 Å². The Morgan fingerprint density at radius 2 is 1.91 bits per heavy atom. The number of ether oxygens (including phenoxy) is 3. The number of piperidine rings is 1. The van der Waals surface area contributed by atoms with Gasteiger partial charge in [-0.2, -0.15) is 0 Å². The van der Waals surface area contributed by atoms with Crippen molar-refractivity contribution in [2.24, 2.45) is 5.73 Å². The predicted octanol–water partition coefficient (Wildman–Crippen LogP) is 1.22. The van der Waals surface area contributed by atoms with E-state index in [1.54, 1.807) is 12.1 Å². The highest BCUT2D eigenvalue weighted by atomic mass is 16.6. The van der Waals surface area contributed by atoms with Crippen LogP contribution in [0, 0.1) is 0 Å². The van der Waals surface area contributed by atoms with Crippen molar-refractivity contribution in [1.29, 1.82) is 0 Å². The molecule has 1 fully saturated rings. The van der Waals surface area contributed by atoms with Crippen LogP contribution in [0.15, 0.2) is 54.3 Å². The SMILES string of the molecule is CC(OC(=O)[C@H](C)NC(=O)[C@@H](N)Cc1ccccc1)C(=O)OC1=CCC2(O)C3Cc4ccc(O)c5c4C2(CCN3C)C1O5. The molecule has 1 amide bonds. The standard InChI is InChI=1S/C32H37N3O8/c1-17(34-28(37)21(33)15-19-7-5-4-6-8-19)29(38)41-18(2)30(39)42-23-11-12-32(40)24-16-20-9-10-22(36)26-25(20)31(32,27(23)43-26)13-14-35(24)3/h4-11,17-18,21,24,27,36,40H,12-16,33H2,1-3H3,(H,34,37)/t17-,18?,21-,24?,27?,31?,32?/m0/s1. The predicted molar refractivity (Wildman–Crippen MR) is 154 cm³/mol. The van der Waals surface area contributed by atoms with Gasteiger partial charge in [0.15, 0.2) is 23.7 Å². The average molecular weight is 592 g/mol. The number of phenols is 1. The van der Waals surface area contributed by atoms with Crippen LogP contribution in [0.5, 0.6) is 11.5 Å². The molecular weight excluding hydrogens is 554 g/mol. The zero-order valence-electron chi connectivity index (χ0n) is 24.4. The highest BCUT2D eigenvalue weighted by Crippen LogP contribution is 2.65. The average Bonchev–Trinajstić information content (AvgIpc) is 3.34. The first-order chi connectivity index (χ1) is 20.5. The van der Waals surface area contributed by atoms with Crippen LogP contribution in [-0.2, 0) is 42.1 Å². The molecule has 4 aliphatic rings. The summed E-state index contributed by atoms with van der Waals surface area (Å²) in [6.07, 6.45) is 1.18. The molecular formula is C32H37N3O8. The molecule has 2 bridgehead atoms. The number of nitrogens with one attached hydrogen (secondary N) is 1. The molecule has 1 saturated heterocycles. The summed E-state index contributed by atoms with van der Waals surface area (Å²) in [4.78, 5) is 40.6. The number of nitrogens with two attached hydrogens (primary N) is 1. The number of benzene rings is 2. The summed E-state index contributed by atoms with van der Waals surface area (Å²) in [5.41, 5.74) is 6.57. The van der Waals surface area contributed by atoms with Crippen molar-refractivity contribution in [3.05, 3.63) is 71.0 Å². The Morgan fingerprint density at radius 3 is 2.65 bits per heavy atom. The summed E-state index contributed by atoms with van der Waals surface area (Å²) in [7, 11) is 1.99. The summed E-state index contributed by atoms with van der Waals surface area (Å²) in [5.74, 6) is -1.69. The van der Waals surface area contributed by atoms with Crippen molar-refractivity contribution < 1.29 is 38.8 Å². The Labute approximate surface area is 249 Å². The fourth-order valence-electron chi connectivity index (χ4n) is 7.30. The number of hydrogen-bond donors (Lipinski definition) is 4. The van der Waals surface area contributed by atoms with Gasteiger partial charge in [-0.15, -0.1) is 0 Å². The summed E-state index contributed by atoms with van der Waals surface area (Å²) in [6.45, 7) is 3.52. The van der Waals surface area contributed by atoms with Gasteiger partial charge in [0.1, 0.15) is 11.8 Å². The van der Waals surface area contributed by atoms with Gasteiger partial charge < -0.3 is 40.4 Å². The zero-order valence-corrected chi connectivity index (χ0v) is 24.4. The van der Waals surface area contributed by atoms with Gasteiger partial charge in [-0.25, -0.2) is 9.59 Å². The molecule has 2 heterocycles. The molecule has 2 aliphatic heterocycles. The van der Waals surface area contributed by atoms with Gasteiger partial charge in [-0.3, -0.25) is 4.79 Å². The van der Waals surface area contributed by atoms with Gasteiger partial charge in [0.05, 0.1) is 17.1 Å². The third kappa shape index (κ3) is 4.57. The highest BCUT2D eigenvalue weighted by molar-refractivity contribution is 5.88. The highest BCUT2D eigenvalue weighted by Gasteiger charge is 2.72. The van der Waals surface area contributed by atoms with Gasteiger partial charge in [0, 0.05) is 18.0 Å². The number of phenolic OH excluding ortho intramolecular Hbond substituents is 1. The molecule has 0 aromatic heterocycles. The lowest BCUT2D eigenvalue weighted by atomic mass is 9.50. The van der Waals surface area contributed by atoms with Crippen LogP contribution in [0.3, 0.4) is 0 Å². The Bertz CT molecular complexity index is 1490. The smallest absolute Gasteiger partial charge is 0.352 e. The van der Waals surface area contributed by atoms with E-state index in [0.717, 1.165) is 16.7 Å². The zero-order chi connectivity index (χ0) is 30.7. The molecule has 5 N–H and O–H groups in total. The van der Waals surface area contributed by atoms with Crippen molar-refractivity contribution in [1.82, 2.24) is 10.2 Å². The Morgan fingerprint density at radius 1 is 1.16 bits per heavy atom. The first-order valence-electron chi connectivity index (χ1n) is 14.6. The summed E-state index contributed by atoms with van der Waals surface area (Å²) in [6, 6.07) is 10.6. The maximum absolute atomic E-state index is 13.2. The molecule has 11 nitrogen and oxygen atoms in total. The van der Waals surface area contributed by atoms with Crippen LogP contribution in [0.4, 0.5) is 0 Å². The van der Waals surface area contributed by atoms with Gasteiger partial charge in [0.25, 0.3) is 0 Å². The number of rotatable bonds is 8. The molecule has 1 spiro atoms. The monoisotopic (exact) mass is 591 g/mol. The molecule has 11 heteroatoms. The van der Waals surface area contributed by atoms with Gasteiger partial charge in [-0.05, 0) is 70.0 Å². The number of aliphatic hydroxyl groups is 1. The van der Waals surface area contributed by atoms with Crippen LogP contribution in [0.1, 0.15) is 43.4 Å². The van der Waals surface area contributed by atoms with E-state index in [4.69, 9.17) is 19.9 Å². The molecule has 6 rings (SSSR count). The Hall–Kier alpha value is -3.93. The molecule has 7 atom stereocenters. The molecule has 2 aliphatic carbocycles. The fourth-order valence-corrected chi connectivity index (χ4v) is 7.30. The summed E-state index contributed by atoms with van der Waals surface area (Å²) in [5, 5.41) is 25.4. The van der Waals surface area contributed by atoms with E-state index in [9.17, 15) is 24.6 Å². The second-order valence-corrected chi connectivity index (χ2v) is 12.1. The minimum atomic E-state index is -1.30. The summed E-state index contributed by atoms with van der Waals surface area (Å²) < 4.78 is 17.4. The van der Waals surface area contributed by atoms with E-state index in [2.05, 4.69) is 10.2 Å². The van der Waals surface area contributed by atoms with E-state index in [-0.39, 0.29) is 24.0 Å². The summed E-state index contributed by atoms with van der Waals surface area (Å²) >= 11 is 0. The minimum absolute atomic E-state index is 0.0326. The van der Waals surface area contributed by atoms with E-state index >= 15 is 0 Å². The van der Waals surface area contributed by atoms with Crippen LogP contribution in [0.2, 0.25) is 0 Å². The number of nitrogens with zero attached hydrogens (tertiary/aromatic N) is 1. The normalized spacial score (nSPS) is 28.8. The van der Waals surface area contributed by atoms with Crippen molar-refractivity contribution in [2.75, 3.05) is 13.6 Å². The van der Waals surface area contributed by atoms with Crippen LogP contribution in [0.25, 0.3) is 0 Å². The largest absolute Gasteiger partial charge is 0.504 e. The van der Waals surface area contributed by atoms with Crippen molar-refractivity contribution in [3.8, 4) is 11.5 Å². The molecule has 2 aromatic rings. The number of amides is 1. The van der Waals surface area contributed by atoms with Gasteiger partial charge in [0.2, 0.25) is 5.91 Å². The van der Waals surface area contributed by atoms with E-state index in [1.165, 1.54) is 13.8 Å². The van der Waals surface area contributed by atoms with Crippen molar-refractivity contribution in [2.45, 2.75) is 80.9 Å². The Kier molecular flexibility index (Phi) is 7.22. The number of likely N-dealkylation sites (tertiary alicyclic amines) is 1. The first-order valence-corrected chi connectivity index (χ1v) is 14.6. The fraction of sp³-hybridized carbons (Fsp3) is 0.469. The topological polar surface area (TPSA) is 161 Å². The number of hydrogen-bond acceptors (Lipinski definition) is 10. The van der Waals surface area contributed by atoms with Crippen LogP contribution < -0.4 is 15.8 Å². The molecule has 0 radical (unpaired) electrons. The number of likely N-dealkylation sites (N-methyl/N-ethyl adjacent to an activating group) is 1. The number of esters is 2.